The van der Waals surface area contributed by atoms with Crippen LogP contribution in [0.5, 0.6) is 0 Å². The van der Waals surface area contributed by atoms with Crippen molar-refractivity contribution in [1.29, 1.82) is 0 Å². The van der Waals surface area contributed by atoms with Crippen LogP contribution in [0.2, 0.25) is 0 Å². The SMILES string of the molecule is COCCCNc1nc(C)cn1C1CCCN(C)C1. The summed E-state index contributed by atoms with van der Waals surface area (Å²) in [4.78, 5) is 7.00. The minimum absolute atomic E-state index is 0.546. The fourth-order valence-corrected chi connectivity index (χ4v) is 2.71. The summed E-state index contributed by atoms with van der Waals surface area (Å²) in [5.74, 6) is 1.01. The van der Waals surface area contributed by atoms with Gasteiger partial charge in [-0.3, -0.25) is 0 Å². The zero-order valence-corrected chi connectivity index (χ0v) is 12.4. The number of hydrogen-bond donors (Lipinski definition) is 1. The van der Waals surface area contributed by atoms with Gasteiger partial charge in [0.1, 0.15) is 0 Å². The topological polar surface area (TPSA) is 42.3 Å². The van der Waals surface area contributed by atoms with Crippen molar-refractivity contribution in [3.8, 4) is 0 Å². The van der Waals surface area contributed by atoms with Gasteiger partial charge in [0.2, 0.25) is 5.95 Å². The number of rotatable bonds is 6. The first kappa shape index (κ1) is 14.3. The summed E-state index contributed by atoms with van der Waals surface area (Å²) in [6.45, 7) is 6.08. The number of methoxy groups -OCH3 is 1. The summed E-state index contributed by atoms with van der Waals surface area (Å²) in [5, 5.41) is 3.43. The van der Waals surface area contributed by atoms with Crippen LogP contribution in [0, 0.1) is 6.92 Å². The number of likely N-dealkylation sites (tertiary alicyclic amines) is 1. The van der Waals surface area contributed by atoms with E-state index in [0.29, 0.717) is 6.04 Å². The van der Waals surface area contributed by atoms with E-state index in [4.69, 9.17) is 4.74 Å². The maximum atomic E-state index is 5.07. The van der Waals surface area contributed by atoms with E-state index in [0.717, 1.165) is 37.8 Å². The third-order valence-corrected chi connectivity index (χ3v) is 3.65. The van der Waals surface area contributed by atoms with Crippen molar-refractivity contribution >= 4 is 5.95 Å². The van der Waals surface area contributed by atoms with Gasteiger partial charge in [-0.25, -0.2) is 4.98 Å². The first-order valence-corrected chi connectivity index (χ1v) is 7.17. The smallest absolute Gasteiger partial charge is 0.203 e. The number of hydrogen-bond acceptors (Lipinski definition) is 4. The van der Waals surface area contributed by atoms with Crippen LogP contribution in [-0.2, 0) is 4.74 Å². The van der Waals surface area contributed by atoms with Gasteiger partial charge in [0.15, 0.2) is 0 Å². The molecule has 1 aromatic rings. The Morgan fingerprint density at radius 3 is 3.11 bits per heavy atom. The molecule has 1 saturated heterocycles. The van der Waals surface area contributed by atoms with Crippen LogP contribution < -0.4 is 5.32 Å². The van der Waals surface area contributed by atoms with Crippen LogP contribution >= 0.6 is 0 Å². The molecule has 1 aliphatic heterocycles. The molecule has 0 radical (unpaired) electrons. The number of imidazole rings is 1. The standard InChI is InChI=1S/C14H26N4O/c1-12-10-18(13-6-4-8-17(2)11-13)14(16-12)15-7-5-9-19-3/h10,13H,4-9,11H2,1-3H3,(H,15,16). The van der Waals surface area contributed by atoms with Gasteiger partial charge < -0.3 is 19.5 Å². The lowest BCUT2D eigenvalue weighted by Gasteiger charge is -2.31. The van der Waals surface area contributed by atoms with Crippen LogP contribution in [0.1, 0.15) is 31.0 Å². The summed E-state index contributed by atoms with van der Waals surface area (Å²) < 4.78 is 7.39. The number of nitrogens with zero attached hydrogens (tertiary/aromatic N) is 3. The van der Waals surface area contributed by atoms with E-state index < -0.39 is 0 Å². The summed E-state index contributed by atoms with van der Waals surface area (Å²) >= 11 is 0. The highest BCUT2D eigenvalue weighted by Crippen LogP contribution is 2.24. The number of aryl methyl sites for hydroxylation is 1. The Balaban J connectivity index is 1.98. The van der Waals surface area contributed by atoms with Gasteiger partial charge in [-0.2, -0.15) is 0 Å². The Hall–Kier alpha value is -1.07. The number of aromatic nitrogens is 2. The number of piperidine rings is 1. The molecule has 2 heterocycles. The van der Waals surface area contributed by atoms with E-state index in [1.807, 2.05) is 0 Å². The molecule has 19 heavy (non-hydrogen) atoms. The van der Waals surface area contributed by atoms with Crippen LogP contribution in [0.3, 0.4) is 0 Å². The fourth-order valence-electron chi connectivity index (χ4n) is 2.71. The number of anilines is 1. The minimum atomic E-state index is 0.546. The predicted octanol–water partition coefficient (Wildman–Crippen LogP) is 1.91. The molecule has 1 fully saturated rings. The second-order valence-corrected chi connectivity index (χ2v) is 5.44. The third kappa shape index (κ3) is 3.94. The molecule has 0 aromatic carbocycles. The molecule has 0 spiro atoms. The quantitative estimate of drug-likeness (QED) is 0.799. The Bertz CT molecular complexity index is 391. The molecule has 1 unspecified atom stereocenters. The molecular weight excluding hydrogens is 240 g/mol. The first-order chi connectivity index (χ1) is 9.20. The maximum Gasteiger partial charge on any atom is 0.203 e. The monoisotopic (exact) mass is 266 g/mol. The maximum absolute atomic E-state index is 5.07. The molecule has 1 aliphatic rings. The van der Waals surface area contributed by atoms with E-state index in [-0.39, 0.29) is 0 Å². The molecule has 0 amide bonds. The summed E-state index contributed by atoms with van der Waals surface area (Å²) in [6.07, 6.45) is 5.68. The van der Waals surface area contributed by atoms with E-state index >= 15 is 0 Å². The Morgan fingerprint density at radius 1 is 1.53 bits per heavy atom. The highest BCUT2D eigenvalue weighted by Gasteiger charge is 2.21. The van der Waals surface area contributed by atoms with Gasteiger partial charge in [-0.1, -0.05) is 0 Å². The van der Waals surface area contributed by atoms with Gasteiger partial charge >= 0.3 is 0 Å². The molecule has 0 saturated carbocycles. The Morgan fingerprint density at radius 2 is 2.37 bits per heavy atom. The van der Waals surface area contributed by atoms with E-state index in [9.17, 15) is 0 Å². The lowest BCUT2D eigenvalue weighted by Crippen LogP contribution is -2.33. The molecule has 108 valence electrons. The van der Waals surface area contributed by atoms with Crippen molar-refractivity contribution in [1.82, 2.24) is 14.5 Å². The molecule has 1 atom stereocenters. The van der Waals surface area contributed by atoms with Crippen LogP contribution in [0.4, 0.5) is 5.95 Å². The number of nitrogens with one attached hydrogen (secondary N) is 1. The second kappa shape index (κ2) is 6.91. The van der Waals surface area contributed by atoms with E-state index in [1.165, 1.54) is 19.4 Å². The fraction of sp³-hybridized carbons (Fsp3) is 0.786. The molecule has 5 nitrogen and oxygen atoms in total. The van der Waals surface area contributed by atoms with Gasteiger partial charge in [0, 0.05) is 39.0 Å². The molecule has 5 heteroatoms. The Kier molecular flexibility index (Phi) is 5.22. The van der Waals surface area contributed by atoms with E-state index in [1.54, 1.807) is 7.11 Å². The molecule has 2 rings (SSSR count). The largest absolute Gasteiger partial charge is 0.385 e. The molecular formula is C14H26N4O. The van der Waals surface area contributed by atoms with Crippen molar-refractivity contribution in [3.05, 3.63) is 11.9 Å². The molecule has 0 aliphatic carbocycles. The van der Waals surface area contributed by atoms with Crippen molar-refractivity contribution in [2.45, 2.75) is 32.2 Å². The average Bonchev–Trinajstić information content (AvgIpc) is 2.76. The highest BCUT2D eigenvalue weighted by molar-refractivity contribution is 5.29. The summed E-state index contributed by atoms with van der Waals surface area (Å²) in [6, 6.07) is 0.546. The number of ether oxygens (including phenoxy) is 1. The average molecular weight is 266 g/mol. The summed E-state index contributed by atoms with van der Waals surface area (Å²) in [7, 11) is 3.94. The summed E-state index contributed by atoms with van der Waals surface area (Å²) in [5.41, 5.74) is 1.09. The number of likely N-dealkylation sites (N-methyl/N-ethyl adjacent to an activating group) is 1. The predicted molar refractivity (Wildman–Crippen MR) is 77.7 cm³/mol. The minimum Gasteiger partial charge on any atom is -0.385 e. The van der Waals surface area contributed by atoms with Gasteiger partial charge in [0.05, 0.1) is 5.69 Å². The van der Waals surface area contributed by atoms with E-state index in [2.05, 4.69) is 39.9 Å². The normalized spacial score (nSPS) is 20.7. The highest BCUT2D eigenvalue weighted by atomic mass is 16.5. The van der Waals surface area contributed by atoms with Crippen molar-refractivity contribution in [3.63, 3.8) is 0 Å². The van der Waals surface area contributed by atoms with Crippen LogP contribution in [0.15, 0.2) is 6.20 Å². The van der Waals surface area contributed by atoms with Gasteiger partial charge in [-0.15, -0.1) is 0 Å². The lowest BCUT2D eigenvalue weighted by molar-refractivity contribution is 0.197. The van der Waals surface area contributed by atoms with Crippen LogP contribution in [-0.4, -0.2) is 54.8 Å². The van der Waals surface area contributed by atoms with Crippen molar-refractivity contribution < 1.29 is 4.74 Å². The molecule has 1 N–H and O–H groups in total. The zero-order valence-electron chi connectivity index (χ0n) is 12.4. The first-order valence-electron chi connectivity index (χ1n) is 7.17. The van der Waals surface area contributed by atoms with Crippen molar-refractivity contribution in [2.24, 2.45) is 0 Å². The third-order valence-electron chi connectivity index (χ3n) is 3.65. The molecule has 0 bridgehead atoms. The molecule has 1 aromatic heterocycles. The second-order valence-electron chi connectivity index (χ2n) is 5.44. The van der Waals surface area contributed by atoms with Crippen LogP contribution in [0.25, 0.3) is 0 Å². The zero-order chi connectivity index (χ0) is 13.7. The van der Waals surface area contributed by atoms with Gasteiger partial charge in [-0.05, 0) is 39.8 Å². The lowest BCUT2D eigenvalue weighted by atomic mass is 10.1. The van der Waals surface area contributed by atoms with Gasteiger partial charge in [0.25, 0.3) is 0 Å². The van der Waals surface area contributed by atoms with Crippen molar-refractivity contribution in [2.75, 3.05) is 45.7 Å². The Labute approximate surface area is 116 Å².